The fourth-order valence-electron chi connectivity index (χ4n) is 1.78. The van der Waals surface area contributed by atoms with Crippen molar-refractivity contribution in [2.75, 3.05) is 13.7 Å². The van der Waals surface area contributed by atoms with E-state index in [1.807, 2.05) is 6.92 Å². The second-order valence-electron chi connectivity index (χ2n) is 3.98. The highest BCUT2D eigenvalue weighted by atomic mass is 32.2. The van der Waals surface area contributed by atoms with Gasteiger partial charge in [0.25, 0.3) is 5.91 Å². The summed E-state index contributed by atoms with van der Waals surface area (Å²) in [5, 5.41) is 9.08. The monoisotopic (exact) mass is 290 g/mol. The summed E-state index contributed by atoms with van der Waals surface area (Å²) in [6.45, 7) is 2.37. The highest BCUT2D eigenvalue weighted by Gasteiger charge is 2.56. The number of carbonyl (C=O) groups is 2. The average Bonchev–Trinajstić information content (AvgIpc) is 2.65. The molecule has 0 bridgehead atoms. The minimum atomic E-state index is -1.08. The van der Waals surface area contributed by atoms with E-state index in [1.165, 1.54) is 35.5 Å². The van der Waals surface area contributed by atoms with E-state index in [0.717, 1.165) is 0 Å². The summed E-state index contributed by atoms with van der Waals surface area (Å²) in [5.74, 6) is -1.37. The van der Waals surface area contributed by atoms with Gasteiger partial charge in [0.05, 0.1) is 4.24 Å². The molecule has 0 radical (unpaired) electrons. The molecule has 0 saturated carbocycles. The first-order valence-corrected chi connectivity index (χ1v) is 7.14. The Morgan fingerprint density at radius 3 is 2.89 bits per heavy atom. The number of carboxylic acid groups (broad SMARTS) is 1. The van der Waals surface area contributed by atoms with Gasteiger partial charge in [-0.25, -0.2) is 4.79 Å². The molecule has 3 N–H and O–H groups in total. The number of aliphatic carboxylic acids is 1. The van der Waals surface area contributed by atoms with Gasteiger partial charge in [-0.1, -0.05) is 18.7 Å². The van der Waals surface area contributed by atoms with Crippen LogP contribution < -0.4 is 5.73 Å². The number of ether oxygens (including phenoxy) is 1. The number of carbonyl (C=O) groups excluding carboxylic acids is 1. The van der Waals surface area contributed by atoms with Crippen molar-refractivity contribution in [1.29, 1.82) is 0 Å². The standard InChI is InChI=1S/C10H14N2O4S2/c1-4(3-11)17-10-5(9(14)15)12-7(13)6(16-2)8(12)18-10/h4,6,8H,3,11H2,1-2H3,(H,14,15)/t4?,6?,8-/m1/s1. The Morgan fingerprint density at radius 1 is 1.72 bits per heavy atom. The van der Waals surface area contributed by atoms with Gasteiger partial charge in [-0.15, -0.1) is 11.8 Å². The number of hydrogen-bond donors (Lipinski definition) is 2. The number of hydrogen-bond acceptors (Lipinski definition) is 6. The number of fused-ring (bicyclic) bond motifs is 1. The zero-order valence-corrected chi connectivity index (χ0v) is 11.6. The summed E-state index contributed by atoms with van der Waals surface area (Å²) in [5.41, 5.74) is 5.60. The van der Waals surface area contributed by atoms with Crippen LogP contribution >= 0.6 is 23.5 Å². The lowest BCUT2D eigenvalue weighted by atomic mass is 10.1. The quantitative estimate of drug-likeness (QED) is 0.701. The topological polar surface area (TPSA) is 92.9 Å². The van der Waals surface area contributed by atoms with Crippen LogP contribution in [0.3, 0.4) is 0 Å². The molecule has 18 heavy (non-hydrogen) atoms. The van der Waals surface area contributed by atoms with Crippen molar-refractivity contribution in [3.8, 4) is 0 Å². The molecular formula is C10H14N2O4S2. The fraction of sp³-hybridized carbons (Fsp3) is 0.600. The molecule has 1 fully saturated rings. The maximum absolute atomic E-state index is 11.7. The number of carboxylic acids is 1. The van der Waals surface area contributed by atoms with E-state index in [1.54, 1.807) is 0 Å². The van der Waals surface area contributed by atoms with Gasteiger partial charge in [-0.05, 0) is 0 Å². The molecule has 0 aromatic heterocycles. The van der Waals surface area contributed by atoms with Crippen LogP contribution in [0.4, 0.5) is 0 Å². The molecule has 1 saturated heterocycles. The van der Waals surface area contributed by atoms with Crippen molar-refractivity contribution in [2.45, 2.75) is 23.7 Å². The van der Waals surface area contributed by atoms with Crippen molar-refractivity contribution in [2.24, 2.45) is 5.73 Å². The normalized spacial score (nSPS) is 28.2. The summed E-state index contributed by atoms with van der Waals surface area (Å²) in [6, 6.07) is 0. The highest BCUT2D eigenvalue weighted by molar-refractivity contribution is 8.23. The molecule has 2 aliphatic rings. The van der Waals surface area contributed by atoms with E-state index in [-0.39, 0.29) is 22.2 Å². The maximum atomic E-state index is 11.7. The number of thioether (sulfide) groups is 2. The molecule has 8 heteroatoms. The summed E-state index contributed by atoms with van der Waals surface area (Å²) in [7, 11) is 1.45. The number of nitrogens with two attached hydrogens (primary N) is 1. The summed E-state index contributed by atoms with van der Waals surface area (Å²) >= 11 is 2.76. The molecule has 0 aromatic carbocycles. The second kappa shape index (κ2) is 5.12. The van der Waals surface area contributed by atoms with Gasteiger partial charge in [0.2, 0.25) is 0 Å². The van der Waals surface area contributed by atoms with E-state index in [4.69, 9.17) is 10.5 Å². The van der Waals surface area contributed by atoms with Crippen LogP contribution in [0, 0.1) is 0 Å². The largest absolute Gasteiger partial charge is 0.477 e. The molecule has 0 aliphatic carbocycles. The Kier molecular flexibility index (Phi) is 3.90. The van der Waals surface area contributed by atoms with Crippen LogP contribution in [0.15, 0.2) is 9.93 Å². The van der Waals surface area contributed by atoms with Crippen molar-refractivity contribution in [3.63, 3.8) is 0 Å². The van der Waals surface area contributed by atoms with Crippen LogP contribution in [-0.4, -0.2) is 52.3 Å². The lowest BCUT2D eigenvalue weighted by molar-refractivity contribution is -0.161. The highest BCUT2D eigenvalue weighted by Crippen LogP contribution is 2.51. The van der Waals surface area contributed by atoms with E-state index >= 15 is 0 Å². The van der Waals surface area contributed by atoms with Crippen molar-refractivity contribution >= 4 is 35.4 Å². The van der Waals surface area contributed by atoms with Gasteiger partial charge in [0.15, 0.2) is 11.8 Å². The SMILES string of the molecule is COC1C(=O)N2C(C(=O)O)=C(SC(C)CN)S[C@H]12. The van der Waals surface area contributed by atoms with Crippen molar-refractivity contribution < 1.29 is 19.4 Å². The Bertz CT molecular complexity index is 426. The molecule has 100 valence electrons. The summed E-state index contributed by atoms with van der Waals surface area (Å²) in [4.78, 5) is 24.3. The van der Waals surface area contributed by atoms with Crippen molar-refractivity contribution in [3.05, 3.63) is 9.93 Å². The zero-order chi connectivity index (χ0) is 13.4. The van der Waals surface area contributed by atoms with Gasteiger partial charge in [-0.3, -0.25) is 9.69 Å². The van der Waals surface area contributed by atoms with E-state index in [9.17, 15) is 14.7 Å². The third-order valence-corrected chi connectivity index (χ3v) is 5.44. The summed E-state index contributed by atoms with van der Waals surface area (Å²) < 4.78 is 5.69. The lowest BCUT2D eigenvalue weighted by Crippen LogP contribution is -2.61. The molecule has 1 amide bonds. The van der Waals surface area contributed by atoms with Crippen LogP contribution in [0.25, 0.3) is 0 Å². The van der Waals surface area contributed by atoms with Crippen LogP contribution in [-0.2, 0) is 14.3 Å². The first-order chi connectivity index (χ1) is 8.51. The van der Waals surface area contributed by atoms with E-state index in [2.05, 4.69) is 0 Å². The predicted octanol–water partition coefficient (Wildman–Crippen LogP) is 0.251. The van der Waals surface area contributed by atoms with Gasteiger partial charge in [0.1, 0.15) is 5.37 Å². The molecule has 2 rings (SSSR count). The third-order valence-electron chi connectivity index (χ3n) is 2.75. The number of β-lactam (4-membered cyclic amide) rings is 1. The Labute approximate surface area is 113 Å². The Morgan fingerprint density at radius 2 is 2.39 bits per heavy atom. The maximum Gasteiger partial charge on any atom is 0.354 e. The van der Waals surface area contributed by atoms with Gasteiger partial charge < -0.3 is 15.6 Å². The molecule has 6 nitrogen and oxygen atoms in total. The van der Waals surface area contributed by atoms with E-state index in [0.29, 0.717) is 10.8 Å². The van der Waals surface area contributed by atoms with Gasteiger partial charge >= 0.3 is 5.97 Å². The fourth-order valence-corrected chi connectivity index (χ4v) is 4.73. The number of methoxy groups -OCH3 is 1. The first-order valence-electron chi connectivity index (χ1n) is 5.38. The van der Waals surface area contributed by atoms with E-state index < -0.39 is 12.1 Å². The zero-order valence-electron chi connectivity index (χ0n) is 9.95. The van der Waals surface area contributed by atoms with Crippen LogP contribution in [0.2, 0.25) is 0 Å². The molecule has 2 aliphatic heterocycles. The van der Waals surface area contributed by atoms with Crippen LogP contribution in [0.5, 0.6) is 0 Å². The van der Waals surface area contributed by atoms with Gasteiger partial charge in [0, 0.05) is 18.9 Å². The average molecular weight is 290 g/mol. The Balaban J connectivity index is 2.23. The second-order valence-corrected chi connectivity index (χ2v) is 6.81. The third kappa shape index (κ3) is 2.03. The first kappa shape index (κ1) is 13.7. The molecule has 0 aromatic rings. The molecule has 0 spiro atoms. The smallest absolute Gasteiger partial charge is 0.354 e. The molecule has 2 unspecified atom stereocenters. The molecular weight excluding hydrogens is 276 g/mol. The van der Waals surface area contributed by atoms with Crippen LogP contribution in [0.1, 0.15) is 6.92 Å². The number of amides is 1. The minimum absolute atomic E-state index is 0.0635. The summed E-state index contributed by atoms with van der Waals surface area (Å²) in [6.07, 6.45) is -0.546. The number of nitrogens with zero attached hydrogens (tertiary/aromatic N) is 1. The minimum Gasteiger partial charge on any atom is -0.477 e. The molecule has 2 heterocycles. The Hall–Kier alpha value is -0.700. The molecule has 3 atom stereocenters. The van der Waals surface area contributed by atoms with Crippen molar-refractivity contribution in [1.82, 2.24) is 4.90 Å². The van der Waals surface area contributed by atoms with Gasteiger partial charge in [-0.2, -0.15) is 0 Å². The number of rotatable bonds is 5. The lowest BCUT2D eigenvalue weighted by Gasteiger charge is -2.40. The predicted molar refractivity (Wildman–Crippen MR) is 69.8 cm³/mol.